The molecule has 3 nitrogen and oxygen atoms in total. The highest BCUT2D eigenvalue weighted by Gasteiger charge is 2.20. The molecule has 0 spiro atoms. The van der Waals surface area contributed by atoms with Gasteiger partial charge in [0, 0.05) is 24.7 Å². The highest BCUT2D eigenvalue weighted by atomic mass is 16.6. The number of rotatable bonds is 3. The molecule has 1 atom stereocenters. The first kappa shape index (κ1) is 12.4. The first-order chi connectivity index (χ1) is 8.20. The minimum Gasteiger partial charge on any atom is -0.371 e. The van der Waals surface area contributed by atoms with E-state index in [1.54, 1.807) is 0 Å². The second kappa shape index (κ2) is 5.52. The van der Waals surface area contributed by atoms with Gasteiger partial charge in [0.2, 0.25) is 0 Å². The smallest absolute Gasteiger partial charge is 0.0724 e. The zero-order valence-electron chi connectivity index (χ0n) is 10.8. The van der Waals surface area contributed by atoms with Crippen molar-refractivity contribution in [3.8, 4) is 0 Å². The summed E-state index contributed by atoms with van der Waals surface area (Å²) in [4.78, 5) is 7.23. The molecule has 0 aliphatic carbocycles. The molecular weight excluding hydrogens is 212 g/mol. The van der Waals surface area contributed by atoms with Gasteiger partial charge in [0.05, 0.1) is 6.61 Å². The summed E-state index contributed by atoms with van der Waals surface area (Å²) in [7, 11) is 0. The van der Waals surface area contributed by atoms with Crippen LogP contribution < -0.4 is 10.8 Å². The predicted octanol–water partition coefficient (Wildman–Crippen LogP) is 2.41. The lowest BCUT2D eigenvalue weighted by Gasteiger charge is -2.34. The normalized spacial score (nSPS) is 20.6. The van der Waals surface area contributed by atoms with Crippen LogP contribution in [0.1, 0.15) is 24.0 Å². The third kappa shape index (κ3) is 2.99. The maximum Gasteiger partial charge on any atom is 0.0724 e. The third-order valence-electron chi connectivity index (χ3n) is 3.71. The van der Waals surface area contributed by atoms with E-state index in [1.807, 2.05) is 0 Å². The molecule has 1 aliphatic heterocycles. The van der Waals surface area contributed by atoms with Crippen molar-refractivity contribution in [1.82, 2.24) is 0 Å². The standard InChI is InChI=1S/C14H22N2O/c1-11-5-6-14(8-12(11)2)16-7-3-4-13(9-16)10-17-15/h5-6,8,13H,3-4,7,9-10,15H2,1-2H3. The predicted molar refractivity (Wildman–Crippen MR) is 71.0 cm³/mol. The summed E-state index contributed by atoms with van der Waals surface area (Å²) in [6, 6.07) is 6.70. The van der Waals surface area contributed by atoms with Crippen LogP contribution in [0.4, 0.5) is 5.69 Å². The van der Waals surface area contributed by atoms with E-state index in [4.69, 9.17) is 10.7 Å². The lowest BCUT2D eigenvalue weighted by molar-refractivity contribution is 0.0951. The second-order valence-corrected chi connectivity index (χ2v) is 5.06. The molecule has 2 rings (SSSR count). The average Bonchev–Trinajstić information content (AvgIpc) is 2.33. The Balaban J connectivity index is 2.08. The lowest BCUT2D eigenvalue weighted by Crippen LogP contribution is -2.37. The summed E-state index contributed by atoms with van der Waals surface area (Å²) in [6.07, 6.45) is 2.44. The van der Waals surface area contributed by atoms with Crippen LogP contribution in [0.15, 0.2) is 18.2 Å². The number of piperidine rings is 1. The summed E-state index contributed by atoms with van der Waals surface area (Å²) in [5.41, 5.74) is 4.04. The van der Waals surface area contributed by atoms with Crippen molar-refractivity contribution in [2.75, 3.05) is 24.6 Å². The van der Waals surface area contributed by atoms with E-state index in [0.717, 1.165) is 13.1 Å². The van der Waals surface area contributed by atoms with Gasteiger partial charge in [-0.1, -0.05) is 6.07 Å². The highest BCUT2D eigenvalue weighted by Crippen LogP contribution is 2.25. The van der Waals surface area contributed by atoms with Crippen molar-refractivity contribution >= 4 is 5.69 Å². The van der Waals surface area contributed by atoms with Gasteiger partial charge in [-0.3, -0.25) is 0 Å². The quantitative estimate of drug-likeness (QED) is 0.816. The van der Waals surface area contributed by atoms with Gasteiger partial charge in [0.25, 0.3) is 0 Å². The molecule has 1 fully saturated rings. The topological polar surface area (TPSA) is 38.5 Å². The minimum absolute atomic E-state index is 0.565. The molecule has 1 unspecified atom stereocenters. The van der Waals surface area contributed by atoms with Crippen LogP contribution in [0, 0.1) is 19.8 Å². The van der Waals surface area contributed by atoms with E-state index in [9.17, 15) is 0 Å². The van der Waals surface area contributed by atoms with Crippen molar-refractivity contribution in [3.63, 3.8) is 0 Å². The van der Waals surface area contributed by atoms with E-state index < -0.39 is 0 Å². The molecule has 0 aromatic heterocycles. The molecule has 94 valence electrons. The van der Waals surface area contributed by atoms with Gasteiger partial charge in [-0.2, -0.15) is 0 Å². The fourth-order valence-corrected chi connectivity index (χ4v) is 2.49. The molecule has 1 aliphatic rings. The number of benzene rings is 1. The number of aryl methyl sites for hydroxylation is 2. The summed E-state index contributed by atoms with van der Waals surface area (Å²) in [6.45, 7) is 7.19. The highest BCUT2D eigenvalue weighted by molar-refractivity contribution is 5.50. The molecular formula is C14H22N2O. The molecule has 1 saturated heterocycles. The zero-order chi connectivity index (χ0) is 12.3. The van der Waals surface area contributed by atoms with Crippen LogP contribution in [-0.4, -0.2) is 19.7 Å². The van der Waals surface area contributed by atoms with Crippen molar-refractivity contribution in [2.45, 2.75) is 26.7 Å². The Hall–Kier alpha value is -1.06. The van der Waals surface area contributed by atoms with Crippen molar-refractivity contribution in [3.05, 3.63) is 29.3 Å². The molecule has 2 N–H and O–H groups in total. The largest absolute Gasteiger partial charge is 0.371 e. The third-order valence-corrected chi connectivity index (χ3v) is 3.71. The summed E-state index contributed by atoms with van der Waals surface area (Å²) in [5, 5.41) is 0. The van der Waals surface area contributed by atoms with Crippen LogP contribution in [0.2, 0.25) is 0 Å². The lowest BCUT2D eigenvalue weighted by atomic mass is 9.98. The van der Waals surface area contributed by atoms with E-state index in [0.29, 0.717) is 12.5 Å². The van der Waals surface area contributed by atoms with Gasteiger partial charge < -0.3 is 9.74 Å². The van der Waals surface area contributed by atoms with Gasteiger partial charge in [0.15, 0.2) is 0 Å². The van der Waals surface area contributed by atoms with Crippen LogP contribution >= 0.6 is 0 Å². The first-order valence-corrected chi connectivity index (χ1v) is 6.34. The summed E-state index contributed by atoms with van der Waals surface area (Å²) >= 11 is 0. The maximum absolute atomic E-state index is 5.17. The number of anilines is 1. The van der Waals surface area contributed by atoms with Crippen LogP contribution in [0.25, 0.3) is 0 Å². The molecule has 3 heteroatoms. The Labute approximate surface area is 104 Å². The Morgan fingerprint density at radius 3 is 2.88 bits per heavy atom. The van der Waals surface area contributed by atoms with E-state index in [-0.39, 0.29) is 0 Å². The van der Waals surface area contributed by atoms with E-state index in [1.165, 1.54) is 29.7 Å². The minimum atomic E-state index is 0.565. The number of hydrogen-bond acceptors (Lipinski definition) is 3. The van der Waals surface area contributed by atoms with Gasteiger partial charge in [-0.15, -0.1) is 0 Å². The van der Waals surface area contributed by atoms with E-state index >= 15 is 0 Å². The molecule has 0 radical (unpaired) electrons. The van der Waals surface area contributed by atoms with Crippen molar-refractivity contribution in [2.24, 2.45) is 11.8 Å². The van der Waals surface area contributed by atoms with Crippen molar-refractivity contribution < 1.29 is 4.84 Å². The fraction of sp³-hybridized carbons (Fsp3) is 0.571. The number of nitrogens with two attached hydrogens (primary N) is 1. The first-order valence-electron chi connectivity index (χ1n) is 6.34. The SMILES string of the molecule is Cc1ccc(N2CCCC(CON)C2)cc1C. The Kier molecular flexibility index (Phi) is 4.02. The van der Waals surface area contributed by atoms with Gasteiger partial charge in [-0.25, -0.2) is 5.90 Å². The molecule has 1 heterocycles. The summed E-state index contributed by atoms with van der Waals surface area (Å²) < 4.78 is 0. The summed E-state index contributed by atoms with van der Waals surface area (Å²) in [5.74, 6) is 5.73. The van der Waals surface area contributed by atoms with Crippen molar-refractivity contribution in [1.29, 1.82) is 0 Å². The van der Waals surface area contributed by atoms with E-state index in [2.05, 4.69) is 36.9 Å². The van der Waals surface area contributed by atoms with Crippen LogP contribution in [0.5, 0.6) is 0 Å². The average molecular weight is 234 g/mol. The fourth-order valence-electron chi connectivity index (χ4n) is 2.49. The van der Waals surface area contributed by atoms with Crippen LogP contribution in [-0.2, 0) is 4.84 Å². The molecule has 0 amide bonds. The zero-order valence-corrected chi connectivity index (χ0v) is 10.8. The maximum atomic E-state index is 5.17. The number of nitrogens with zero attached hydrogens (tertiary/aromatic N) is 1. The number of hydrogen-bond donors (Lipinski definition) is 1. The molecule has 0 bridgehead atoms. The molecule has 1 aromatic carbocycles. The van der Waals surface area contributed by atoms with Crippen LogP contribution in [0.3, 0.4) is 0 Å². The Morgan fingerprint density at radius 1 is 1.35 bits per heavy atom. The molecule has 1 aromatic rings. The Morgan fingerprint density at radius 2 is 2.18 bits per heavy atom. The van der Waals surface area contributed by atoms with Gasteiger partial charge in [-0.05, 0) is 49.9 Å². The Bertz CT molecular complexity index is 376. The monoisotopic (exact) mass is 234 g/mol. The molecule has 17 heavy (non-hydrogen) atoms. The van der Waals surface area contributed by atoms with Gasteiger partial charge in [0.1, 0.15) is 0 Å². The molecule has 0 saturated carbocycles. The van der Waals surface area contributed by atoms with Gasteiger partial charge >= 0.3 is 0 Å². The second-order valence-electron chi connectivity index (χ2n) is 5.06.